The van der Waals surface area contributed by atoms with Gasteiger partial charge in [0, 0.05) is 11.4 Å². The molecular weight excluding hydrogens is 240 g/mol. The summed E-state index contributed by atoms with van der Waals surface area (Å²) in [5, 5.41) is 4.14. The molecule has 6 heteroatoms. The molecule has 1 atom stereocenters. The van der Waals surface area contributed by atoms with Crippen molar-refractivity contribution in [3.8, 4) is 0 Å². The van der Waals surface area contributed by atoms with Crippen molar-refractivity contribution in [2.75, 3.05) is 14.2 Å². The van der Waals surface area contributed by atoms with Gasteiger partial charge in [-0.3, -0.25) is 15.0 Å². The predicted octanol–water partition coefficient (Wildman–Crippen LogP) is 1.45. The van der Waals surface area contributed by atoms with E-state index >= 15 is 0 Å². The van der Waals surface area contributed by atoms with E-state index in [0.717, 1.165) is 0 Å². The number of likely N-dealkylation sites (N-methyl/N-ethyl adjacent to an activating group) is 1. The van der Waals surface area contributed by atoms with E-state index < -0.39 is 12.1 Å². The first-order valence-electron chi connectivity index (χ1n) is 5.16. The number of hydrogen-bond donors (Lipinski definition) is 1. The molecule has 1 aromatic heterocycles. The van der Waals surface area contributed by atoms with E-state index in [0.29, 0.717) is 6.54 Å². The van der Waals surface area contributed by atoms with Crippen LogP contribution in [0.15, 0.2) is 17.5 Å². The molecule has 1 aromatic rings. The van der Waals surface area contributed by atoms with E-state index in [9.17, 15) is 9.59 Å². The van der Waals surface area contributed by atoms with Crippen LogP contribution < -0.4 is 5.32 Å². The molecule has 0 fully saturated rings. The Labute approximate surface area is 104 Å². The standard InChI is InChI=1S/C11H16N2O3S/c1-8(10(14)12-11(15)16-3)13(2)7-9-5-4-6-17-9/h4-6,8H,7H2,1-3H3,(H,12,14,15)/t8-/m0/s1. The van der Waals surface area contributed by atoms with Gasteiger partial charge in [0.05, 0.1) is 13.2 Å². The number of nitrogens with one attached hydrogen (secondary N) is 1. The van der Waals surface area contributed by atoms with Crippen LogP contribution in [-0.4, -0.2) is 37.1 Å². The molecule has 0 saturated carbocycles. The van der Waals surface area contributed by atoms with Gasteiger partial charge in [-0.1, -0.05) is 6.07 Å². The predicted molar refractivity (Wildman–Crippen MR) is 65.8 cm³/mol. The van der Waals surface area contributed by atoms with Gasteiger partial charge in [-0.05, 0) is 25.4 Å². The lowest BCUT2D eigenvalue weighted by molar-refractivity contribution is -0.124. The monoisotopic (exact) mass is 256 g/mol. The van der Waals surface area contributed by atoms with Gasteiger partial charge < -0.3 is 4.74 Å². The lowest BCUT2D eigenvalue weighted by Crippen LogP contribution is -2.45. The van der Waals surface area contributed by atoms with Gasteiger partial charge in [0.15, 0.2) is 0 Å². The highest BCUT2D eigenvalue weighted by Gasteiger charge is 2.20. The van der Waals surface area contributed by atoms with E-state index in [-0.39, 0.29) is 5.91 Å². The normalized spacial score (nSPS) is 12.2. The minimum Gasteiger partial charge on any atom is -0.453 e. The number of ether oxygens (including phenoxy) is 1. The van der Waals surface area contributed by atoms with Gasteiger partial charge in [0.1, 0.15) is 0 Å². The maximum atomic E-state index is 11.6. The first-order chi connectivity index (χ1) is 8.04. The van der Waals surface area contributed by atoms with Gasteiger partial charge in [-0.25, -0.2) is 4.79 Å². The maximum Gasteiger partial charge on any atom is 0.413 e. The van der Waals surface area contributed by atoms with E-state index in [2.05, 4.69) is 10.1 Å². The third kappa shape index (κ3) is 4.16. The molecule has 0 radical (unpaired) electrons. The zero-order valence-corrected chi connectivity index (χ0v) is 10.9. The average molecular weight is 256 g/mol. The molecule has 1 N–H and O–H groups in total. The lowest BCUT2D eigenvalue weighted by Gasteiger charge is -2.22. The lowest BCUT2D eigenvalue weighted by atomic mass is 10.2. The number of carbonyl (C=O) groups excluding carboxylic acids is 2. The molecule has 0 aliphatic carbocycles. The molecule has 0 spiro atoms. The quantitative estimate of drug-likeness (QED) is 0.886. The summed E-state index contributed by atoms with van der Waals surface area (Å²) in [6, 6.07) is 3.58. The number of nitrogens with zero attached hydrogens (tertiary/aromatic N) is 1. The summed E-state index contributed by atoms with van der Waals surface area (Å²) >= 11 is 1.63. The van der Waals surface area contributed by atoms with Crippen molar-refractivity contribution in [2.24, 2.45) is 0 Å². The second-order valence-electron chi connectivity index (χ2n) is 3.65. The van der Waals surface area contributed by atoms with E-state index in [1.54, 1.807) is 18.3 Å². The number of rotatable bonds is 4. The van der Waals surface area contributed by atoms with Gasteiger partial charge in [0.2, 0.25) is 5.91 Å². The van der Waals surface area contributed by atoms with Crippen molar-refractivity contribution in [3.05, 3.63) is 22.4 Å². The van der Waals surface area contributed by atoms with Crippen LogP contribution >= 0.6 is 11.3 Å². The zero-order chi connectivity index (χ0) is 12.8. The second-order valence-corrected chi connectivity index (χ2v) is 4.68. The molecule has 0 saturated heterocycles. The van der Waals surface area contributed by atoms with Crippen LogP contribution in [0.25, 0.3) is 0 Å². The fourth-order valence-electron chi connectivity index (χ4n) is 1.24. The minimum atomic E-state index is -0.730. The van der Waals surface area contributed by atoms with Crippen molar-refractivity contribution in [1.82, 2.24) is 10.2 Å². The zero-order valence-electron chi connectivity index (χ0n) is 10.1. The largest absolute Gasteiger partial charge is 0.453 e. The smallest absolute Gasteiger partial charge is 0.413 e. The summed E-state index contributed by atoms with van der Waals surface area (Å²) in [6.07, 6.45) is -0.730. The Hall–Kier alpha value is -1.40. The summed E-state index contributed by atoms with van der Waals surface area (Å²) in [4.78, 5) is 25.6. The molecule has 2 amide bonds. The Balaban J connectivity index is 2.48. The highest BCUT2D eigenvalue weighted by atomic mass is 32.1. The number of hydrogen-bond acceptors (Lipinski definition) is 5. The number of carbonyl (C=O) groups is 2. The first-order valence-corrected chi connectivity index (χ1v) is 6.04. The van der Waals surface area contributed by atoms with Crippen LogP contribution in [0.5, 0.6) is 0 Å². The van der Waals surface area contributed by atoms with Crippen molar-refractivity contribution in [2.45, 2.75) is 19.5 Å². The third-order valence-electron chi connectivity index (χ3n) is 2.44. The van der Waals surface area contributed by atoms with E-state index in [4.69, 9.17) is 0 Å². The van der Waals surface area contributed by atoms with Crippen LogP contribution in [0.2, 0.25) is 0 Å². The van der Waals surface area contributed by atoms with Crippen molar-refractivity contribution < 1.29 is 14.3 Å². The fourth-order valence-corrected chi connectivity index (χ4v) is 2.01. The Kier molecular flexibility index (Phi) is 5.11. The number of amides is 2. The number of imide groups is 1. The molecule has 0 bridgehead atoms. The average Bonchev–Trinajstić information content (AvgIpc) is 2.80. The van der Waals surface area contributed by atoms with Crippen molar-refractivity contribution in [1.29, 1.82) is 0 Å². The fraction of sp³-hybridized carbons (Fsp3) is 0.455. The third-order valence-corrected chi connectivity index (χ3v) is 3.30. The van der Waals surface area contributed by atoms with Gasteiger partial charge >= 0.3 is 6.09 Å². The van der Waals surface area contributed by atoms with Crippen LogP contribution in [0, 0.1) is 0 Å². The van der Waals surface area contributed by atoms with Crippen molar-refractivity contribution >= 4 is 23.3 Å². The summed E-state index contributed by atoms with van der Waals surface area (Å²) in [5.41, 5.74) is 0. The molecular formula is C11H16N2O3S. The van der Waals surface area contributed by atoms with Gasteiger partial charge in [-0.15, -0.1) is 11.3 Å². The molecule has 0 aromatic carbocycles. The topological polar surface area (TPSA) is 58.6 Å². The highest BCUT2D eigenvalue weighted by Crippen LogP contribution is 2.12. The van der Waals surface area contributed by atoms with Gasteiger partial charge in [-0.2, -0.15) is 0 Å². The van der Waals surface area contributed by atoms with Crippen LogP contribution in [0.4, 0.5) is 4.79 Å². The molecule has 5 nitrogen and oxygen atoms in total. The molecule has 0 aliphatic heterocycles. The molecule has 0 aliphatic rings. The van der Waals surface area contributed by atoms with Crippen molar-refractivity contribution in [3.63, 3.8) is 0 Å². The number of alkyl carbamates (subject to hydrolysis) is 1. The van der Waals surface area contributed by atoms with Crippen LogP contribution in [0.1, 0.15) is 11.8 Å². The first kappa shape index (κ1) is 13.7. The molecule has 1 rings (SSSR count). The second kappa shape index (κ2) is 6.36. The number of methoxy groups -OCH3 is 1. The molecule has 1 heterocycles. The van der Waals surface area contributed by atoms with E-state index in [1.165, 1.54) is 12.0 Å². The Morgan fingerprint density at radius 3 is 2.82 bits per heavy atom. The van der Waals surface area contributed by atoms with Crippen LogP contribution in [0.3, 0.4) is 0 Å². The van der Waals surface area contributed by atoms with E-state index in [1.807, 2.05) is 29.5 Å². The summed E-state index contributed by atoms with van der Waals surface area (Å²) in [5.74, 6) is -0.365. The maximum absolute atomic E-state index is 11.6. The summed E-state index contributed by atoms with van der Waals surface area (Å²) in [6.45, 7) is 2.42. The molecule has 17 heavy (non-hydrogen) atoms. The highest BCUT2D eigenvalue weighted by molar-refractivity contribution is 7.09. The minimum absolute atomic E-state index is 0.365. The molecule has 94 valence electrons. The summed E-state index contributed by atoms with van der Waals surface area (Å²) in [7, 11) is 3.06. The Bertz CT molecular complexity index is 378. The SMILES string of the molecule is COC(=O)NC(=O)[C@H](C)N(C)Cc1cccs1. The van der Waals surface area contributed by atoms with Crippen LogP contribution in [-0.2, 0) is 16.1 Å². The Morgan fingerprint density at radius 1 is 1.59 bits per heavy atom. The summed E-state index contributed by atoms with van der Waals surface area (Å²) < 4.78 is 4.37. The van der Waals surface area contributed by atoms with Gasteiger partial charge in [0.25, 0.3) is 0 Å². The Morgan fingerprint density at radius 2 is 2.29 bits per heavy atom. The molecule has 0 unspecified atom stereocenters. The number of thiophene rings is 1.